The summed E-state index contributed by atoms with van der Waals surface area (Å²) < 4.78 is 5.22. The number of aliphatic hydroxyl groups is 1. The van der Waals surface area contributed by atoms with Crippen molar-refractivity contribution in [2.75, 3.05) is 20.2 Å². The van der Waals surface area contributed by atoms with E-state index in [-0.39, 0.29) is 18.4 Å². The molecule has 1 saturated carbocycles. The van der Waals surface area contributed by atoms with Crippen LogP contribution in [-0.4, -0.2) is 41.1 Å². The van der Waals surface area contributed by atoms with E-state index in [4.69, 9.17) is 4.74 Å². The molecule has 3 aromatic rings. The molecule has 1 atom stereocenters. The second-order valence-electron chi connectivity index (χ2n) is 8.75. The van der Waals surface area contributed by atoms with Crippen molar-refractivity contribution in [1.29, 1.82) is 0 Å². The minimum atomic E-state index is -0.0769. The van der Waals surface area contributed by atoms with Gasteiger partial charge in [-0.25, -0.2) is 0 Å². The lowest BCUT2D eigenvalue weighted by Crippen LogP contribution is -2.29. The highest BCUT2D eigenvalue weighted by Crippen LogP contribution is 2.44. The summed E-state index contributed by atoms with van der Waals surface area (Å²) in [6.07, 6.45) is 4.99. The smallest absolute Gasteiger partial charge is 0.272 e. The van der Waals surface area contributed by atoms with Gasteiger partial charge in [-0.3, -0.25) is 9.78 Å². The fourth-order valence-corrected chi connectivity index (χ4v) is 4.83. The van der Waals surface area contributed by atoms with Gasteiger partial charge >= 0.3 is 0 Å². The van der Waals surface area contributed by atoms with Crippen LogP contribution in [0.3, 0.4) is 0 Å². The maximum absolute atomic E-state index is 13.0. The number of benzene rings is 2. The van der Waals surface area contributed by atoms with Crippen molar-refractivity contribution >= 4 is 5.91 Å². The molecule has 1 aliphatic heterocycles. The number of nitrogens with zero attached hydrogens (tertiary/aromatic N) is 2. The van der Waals surface area contributed by atoms with Crippen LogP contribution in [0.1, 0.15) is 58.3 Å². The van der Waals surface area contributed by atoms with Gasteiger partial charge < -0.3 is 14.7 Å². The molecule has 5 nitrogen and oxygen atoms in total. The number of hydrogen-bond donors (Lipinski definition) is 1. The Hall–Kier alpha value is -3.18. The number of aliphatic hydroxyl groups excluding tert-OH is 1. The van der Waals surface area contributed by atoms with Gasteiger partial charge in [-0.2, -0.15) is 0 Å². The summed E-state index contributed by atoms with van der Waals surface area (Å²) in [6.45, 7) is 1.30. The Morgan fingerprint density at radius 2 is 1.91 bits per heavy atom. The number of likely N-dealkylation sites (tertiary alicyclic amines) is 1. The summed E-state index contributed by atoms with van der Waals surface area (Å²) in [5.74, 6) is 1.43. The molecule has 2 heterocycles. The van der Waals surface area contributed by atoms with Crippen LogP contribution < -0.4 is 4.74 Å². The Morgan fingerprint density at radius 3 is 2.69 bits per heavy atom. The SMILES string of the molecule is COc1ccnc(C(=O)N2CCC(c3ccc(-c4ccccc4C4CC4)cc3CO)C2)c1. The first-order valence-electron chi connectivity index (χ1n) is 11.3. The minimum Gasteiger partial charge on any atom is -0.497 e. The Labute approximate surface area is 188 Å². The highest BCUT2D eigenvalue weighted by molar-refractivity contribution is 5.93. The Balaban J connectivity index is 1.37. The second-order valence-corrected chi connectivity index (χ2v) is 8.75. The molecule has 32 heavy (non-hydrogen) atoms. The van der Waals surface area contributed by atoms with Gasteiger partial charge in [0.2, 0.25) is 0 Å². The van der Waals surface area contributed by atoms with Gasteiger partial charge in [-0.15, -0.1) is 0 Å². The number of ether oxygens (including phenoxy) is 1. The zero-order valence-corrected chi connectivity index (χ0v) is 18.3. The van der Waals surface area contributed by atoms with E-state index < -0.39 is 0 Å². The van der Waals surface area contributed by atoms with Crippen molar-refractivity contribution in [1.82, 2.24) is 9.88 Å². The van der Waals surface area contributed by atoms with Gasteiger partial charge in [-0.1, -0.05) is 36.4 Å². The molecular formula is C27H28N2O3. The molecule has 2 aromatic carbocycles. The highest BCUT2D eigenvalue weighted by atomic mass is 16.5. The quantitative estimate of drug-likeness (QED) is 0.615. The maximum atomic E-state index is 13.0. The molecule has 1 unspecified atom stereocenters. The lowest BCUT2D eigenvalue weighted by atomic mass is 9.89. The van der Waals surface area contributed by atoms with Crippen molar-refractivity contribution in [3.05, 3.63) is 83.2 Å². The van der Waals surface area contributed by atoms with Crippen molar-refractivity contribution < 1.29 is 14.6 Å². The molecule has 2 aliphatic rings. The number of carbonyl (C=O) groups is 1. The van der Waals surface area contributed by atoms with Crippen LogP contribution in [0.25, 0.3) is 11.1 Å². The largest absolute Gasteiger partial charge is 0.497 e. The van der Waals surface area contributed by atoms with Crippen LogP contribution in [0, 0.1) is 0 Å². The second kappa shape index (κ2) is 8.75. The van der Waals surface area contributed by atoms with Crippen LogP contribution in [0.4, 0.5) is 0 Å². The molecule has 0 bridgehead atoms. The summed E-state index contributed by atoms with van der Waals surface area (Å²) >= 11 is 0. The number of methoxy groups -OCH3 is 1. The van der Waals surface area contributed by atoms with Crippen LogP contribution >= 0.6 is 0 Å². The predicted octanol–water partition coefficient (Wildman–Crippen LogP) is 4.76. The number of hydrogen-bond acceptors (Lipinski definition) is 4. The Morgan fingerprint density at radius 1 is 1.06 bits per heavy atom. The van der Waals surface area contributed by atoms with E-state index >= 15 is 0 Å². The maximum Gasteiger partial charge on any atom is 0.272 e. The monoisotopic (exact) mass is 428 g/mol. The third-order valence-electron chi connectivity index (χ3n) is 6.70. The molecule has 164 valence electrons. The van der Waals surface area contributed by atoms with Crippen molar-refractivity contribution in [2.24, 2.45) is 0 Å². The van der Waals surface area contributed by atoms with Crippen LogP contribution in [0.15, 0.2) is 60.8 Å². The summed E-state index contributed by atoms with van der Waals surface area (Å²) in [7, 11) is 1.58. The highest BCUT2D eigenvalue weighted by Gasteiger charge is 2.30. The Bertz CT molecular complexity index is 1140. The third-order valence-corrected chi connectivity index (χ3v) is 6.70. The fraction of sp³-hybridized carbons (Fsp3) is 0.333. The average molecular weight is 429 g/mol. The van der Waals surface area contributed by atoms with E-state index in [2.05, 4.69) is 47.4 Å². The first-order chi connectivity index (χ1) is 15.7. The first kappa shape index (κ1) is 20.7. The molecule has 0 radical (unpaired) electrons. The molecule has 1 amide bonds. The molecule has 0 spiro atoms. The first-order valence-corrected chi connectivity index (χ1v) is 11.3. The van der Waals surface area contributed by atoms with Gasteiger partial charge in [0.05, 0.1) is 13.7 Å². The summed E-state index contributed by atoms with van der Waals surface area (Å²) in [5, 5.41) is 10.1. The van der Waals surface area contributed by atoms with E-state index in [1.807, 2.05) is 4.90 Å². The van der Waals surface area contributed by atoms with Gasteiger partial charge in [0.25, 0.3) is 5.91 Å². The lowest BCUT2D eigenvalue weighted by molar-refractivity contribution is 0.0784. The van der Waals surface area contributed by atoms with E-state index in [1.54, 1.807) is 25.4 Å². The topological polar surface area (TPSA) is 62.7 Å². The third kappa shape index (κ3) is 4.00. The average Bonchev–Trinajstić information content (AvgIpc) is 3.59. The minimum absolute atomic E-state index is 0.00332. The standard InChI is InChI=1S/C27H28N2O3/c1-32-22-10-12-28-26(15-22)27(31)29-13-11-20(16-29)23-9-8-19(14-21(23)17-30)25-5-3-2-4-24(25)18-6-7-18/h2-5,8-10,12,14-15,18,20,30H,6-7,11,13,16-17H2,1H3. The fourth-order valence-electron chi connectivity index (χ4n) is 4.83. The summed E-state index contributed by atoms with van der Waals surface area (Å²) in [6, 6.07) is 18.5. The van der Waals surface area contributed by atoms with Gasteiger partial charge in [-0.05, 0) is 65.1 Å². The van der Waals surface area contributed by atoms with Gasteiger partial charge in [0.15, 0.2) is 0 Å². The molecule has 1 aromatic heterocycles. The van der Waals surface area contributed by atoms with Gasteiger partial charge in [0, 0.05) is 31.3 Å². The van der Waals surface area contributed by atoms with Crippen LogP contribution in [0.5, 0.6) is 5.75 Å². The number of amides is 1. The van der Waals surface area contributed by atoms with Crippen molar-refractivity contribution in [3.8, 4) is 16.9 Å². The molecule has 1 aliphatic carbocycles. The molecule has 1 saturated heterocycles. The van der Waals surface area contributed by atoms with E-state index in [0.717, 1.165) is 23.1 Å². The lowest BCUT2D eigenvalue weighted by Gasteiger charge is -2.19. The van der Waals surface area contributed by atoms with E-state index in [1.165, 1.54) is 24.0 Å². The number of aromatic nitrogens is 1. The van der Waals surface area contributed by atoms with Crippen LogP contribution in [0.2, 0.25) is 0 Å². The molecular weight excluding hydrogens is 400 g/mol. The zero-order chi connectivity index (χ0) is 22.1. The Kier molecular flexibility index (Phi) is 5.66. The predicted molar refractivity (Wildman–Crippen MR) is 124 cm³/mol. The molecule has 5 heteroatoms. The number of pyridine rings is 1. The molecule has 5 rings (SSSR count). The molecule has 2 fully saturated rings. The summed E-state index contributed by atoms with van der Waals surface area (Å²) in [5.41, 5.74) is 6.32. The van der Waals surface area contributed by atoms with Crippen molar-refractivity contribution in [2.45, 2.75) is 37.7 Å². The normalized spacial score (nSPS) is 18.1. The van der Waals surface area contributed by atoms with E-state index in [9.17, 15) is 9.90 Å². The van der Waals surface area contributed by atoms with Crippen LogP contribution in [-0.2, 0) is 6.61 Å². The molecule has 1 N–H and O–H groups in total. The zero-order valence-electron chi connectivity index (χ0n) is 18.3. The summed E-state index contributed by atoms with van der Waals surface area (Å²) in [4.78, 5) is 19.0. The van der Waals surface area contributed by atoms with Gasteiger partial charge in [0.1, 0.15) is 11.4 Å². The van der Waals surface area contributed by atoms with E-state index in [0.29, 0.717) is 30.5 Å². The van der Waals surface area contributed by atoms with Crippen molar-refractivity contribution in [3.63, 3.8) is 0 Å². The number of carbonyl (C=O) groups excluding carboxylic acids is 1. The number of rotatable bonds is 6.